The fourth-order valence-electron chi connectivity index (χ4n) is 8.65. The first-order valence-electron chi connectivity index (χ1n) is 20.6. The molecule has 0 spiro atoms. The fraction of sp³-hybridized carbons (Fsp3) is 0.463. The first-order chi connectivity index (χ1) is 29.9. The molecule has 4 aliphatic rings. The van der Waals surface area contributed by atoms with Crippen molar-refractivity contribution >= 4 is 75.6 Å². The molecule has 3 fully saturated rings. The predicted octanol–water partition coefficient (Wildman–Crippen LogP) is 4.67. The van der Waals surface area contributed by atoms with E-state index in [-0.39, 0.29) is 46.4 Å². The van der Waals surface area contributed by atoms with Crippen molar-refractivity contribution in [2.75, 3.05) is 68.5 Å². The summed E-state index contributed by atoms with van der Waals surface area (Å²) in [5, 5.41) is 16.2. The topological polar surface area (TPSA) is 205 Å². The van der Waals surface area contributed by atoms with Gasteiger partial charge in [-0.25, -0.2) is 23.7 Å². The Balaban J connectivity index is 0.770. The number of halogens is 3. The molecule has 3 aliphatic heterocycles. The molecular formula is C41H46Cl2FN11O7. The van der Waals surface area contributed by atoms with Gasteiger partial charge in [-0.1, -0.05) is 23.2 Å². The molecule has 4 N–H and O–H groups in total. The normalized spacial score (nSPS) is 21.3. The van der Waals surface area contributed by atoms with Gasteiger partial charge in [-0.3, -0.25) is 34.3 Å². The SMILES string of the molecule is CO[C@@H](C)c1c(NC(=O)Nc2cc(Cl)cnc2OCCNC2CCC(CN3CCN(c4cc5c(cc4F)C(=O)N(C4CCC(=O)NC4=O)C5=O)CC3)CC2)cnc2cc(Cl)nn12. The van der Waals surface area contributed by atoms with Crippen molar-refractivity contribution in [3.05, 3.63) is 69.5 Å². The highest BCUT2D eigenvalue weighted by Gasteiger charge is 2.45. The van der Waals surface area contributed by atoms with Crippen LogP contribution in [0.2, 0.25) is 10.2 Å². The molecule has 0 bridgehead atoms. The van der Waals surface area contributed by atoms with Crippen LogP contribution in [-0.2, 0) is 14.3 Å². The number of carbonyl (C=O) groups is 5. The third-order valence-electron chi connectivity index (χ3n) is 11.9. The van der Waals surface area contributed by atoms with E-state index in [1.165, 1.54) is 23.0 Å². The molecule has 0 radical (unpaired) electrons. The maximum absolute atomic E-state index is 15.4. The Kier molecular flexibility index (Phi) is 12.9. The average Bonchev–Trinajstić information content (AvgIpc) is 3.74. The van der Waals surface area contributed by atoms with Crippen LogP contribution in [-0.4, -0.2) is 124 Å². The standard InChI is InChI=1S/C41H46Cl2FN11O7/c1-22(61-2)36-30(20-46-34-18-33(43)51-55(34)36)49-41(60)48-29-15-24(42)19-47-38(29)62-14-9-45-25-5-3-23(4-6-25)21-52-10-12-53(13-11-52)32-17-27-26(16-28(32)44)39(58)54(40(27)59)31-7-8-35(56)50-37(31)57/h15-20,22-23,25,31,45H,3-14,21H2,1-2H3,(H2,48,49,60)(H,50,56,57)/t22-,23?,25?,31?/m0/s1. The van der Waals surface area contributed by atoms with Crippen molar-refractivity contribution in [3.63, 3.8) is 0 Å². The van der Waals surface area contributed by atoms with E-state index in [0.717, 1.165) is 56.3 Å². The van der Waals surface area contributed by atoms with E-state index in [0.29, 0.717) is 60.3 Å². The average molecular weight is 895 g/mol. The number of piperazine rings is 1. The lowest BCUT2D eigenvalue weighted by Gasteiger charge is -2.39. The van der Waals surface area contributed by atoms with Crippen molar-refractivity contribution in [1.82, 2.24) is 40.0 Å². The van der Waals surface area contributed by atoms with Gasteiger partial charge in [0.15, 0.2) is 10.8 Å². The molecule has 62 heavy (non-hydrogen) atoms. The van der Waals surface area contributed by atoms with E-state index < -0.39 is 47.6 Å². The molecule has 2 atom stereocenters. The van der Waals surface area contributed by atoms with Gasteiger partial charge < -0.3 is 30.3 Å². The second-order valence-electron chi connectivity index (χ2n) is 15.9. The van der Waals surface area contributed by atoms with Crippen LogP contribution in [0.1, 0.15) is 78.0 Å². The second kappa shape index (κ2) is 18.5. The molecule has 18 nitrogen and oxygen atoms in total. The summed E-state index contributed by atoms with van der Waals surface area (Å²) < 4.78 is 28.5. The van der Waals surface area contributed by atoms with Crippen LogP contribution in [0, 0.1) is 11.7 Å². The largest absolute Gasteiger partial charge is 0.475 e. The number of piperidine rings is 1. The number of hydrogen-bond donors (Lipinski definition) is 4. The minimum absolute atomic E-state index is 0.0105. The number of ether oxygens (including phenoxy) is 2. The lowest BCUT2D eigenvalue weighted by Crippen LogP contribution is -2.54. The summed E-state index contributed by atoms with van der Waals surface area (Å²) >= 11 is 12.3. The van der Waals surface area contributed by atoms with Crippen molar-refractivity contribution in [3.8, 4) is 5.88 Å². The zero-order valence-corrected chi connectivity index (χ0v) is 35.6. The van der Waals surface area contributed by atoms with E-state index in [9.17, 15) is 24.0 Å². The van der Waals surface area contributed by atoms with Gasteiger partial charge in [-0.05, 0) is 63.1 Å². The monoisotopic (exact) mass is 893 g/mol. The molecule has 1 aliphatic carbocycles. The molecular weight excluding hydrogens is 848 g/mol. The Morgan fingerprint density at radius 3 is 2.39 bits per heavy atom. The van der Waals surface area contributed by atoms with Gasteiger partial charge in [0.2, 0.25) is 17.7 Å². The first kappa shape index (κ1) is 43.2. The molecule has 328 valence electrons. The van der Waals surface area contributed by atoms with Crippen LogP contribution in [0.3, 0.4) is 0 Å². The Hall–Kier alpha value is -5.47. The van der Waals surface area contributed by atoms with Gasteiger partial charge >= 0.3 is 6.03 Å². The van der Waals surface area contributed by atoms with Gasteiger partial charge in [0.05, 0.1) is 45.5 Å². The smallest absolute Gasteiger partial charge is 0.323 e. The minimum atomic E-state index is -1.11. The number of rotatable bonds is 13. The zero-order chi connectivity index (χ0) is 43.7. The highest BCUT2D eigenvalue weighted by molar-refractivity contribution is 6.31. The Labute approximate surface area is 365 Å². The number of fused-ring (bicyclic) bond motifs is 2. The van der Waals surface area contributed by atoms with Gasteiger partial charge in [0.1, 0.15) is 24.2 Å². The number of methoxy groups -OCH3 is 1. The lowest BCUT2D eigenvalue weighted by molar-refractivity contribution is -0.136. The van der Waals surface area contributed by atoms with Crippen LogP contribution in [0.4, 0.5) is 26.2 Å². The zero-order valence-electron chi connectivity index (χ0n) is 34.1. The summed E-state index contributed by atoms with van der Waals surface area (Å²) in [7, 11) is 1.55. The number of pyridine rings is 1. The molecule has 6 heterocycles. The predicted molar refractivity (Wildman–Crippen MR) is 226 cm³/mol. The maximum Gasteiger partial charge on any atom is 0.323 e. The number of carbonyl (C=O) groups excluding carboxylic acids is 5. The fourth-order valence-corrected chi connectivity index (χ4v) is 8.98. The number of anilines is 3. The number of nitrogens with zero attached hydrogens (tertiary/aromatic N) is 7. The Morgan fingerprint density at radius 1 is 0.935 bits per heavy atom. The van der Waals surface area contributed by atoms with Crippen LogP contribution < -0.4 is 30.9 Å². The van der Waals surface area contributed by atoms with Gasteiger partial charge in [0, 0.05) is 71.1 Å². The molecule has 2 saturated heterocycles. The van der Waals surface area contributed by atoms with Crippen molar-refractivity contribution in [1.29, 1.82) is 0 Å². The van der Waals surface area contributed by atoms with Gasteiger partial charge in [-0.15, -0.1) is 0 Å². The van der Waals surface area contributed by atoms with Crippen molar-refractivity contribution in [2.24, 2.45) is 5.92 Å². The number of imide groups is 2. The van der Waals surface area contributed by atoms with E-state index in [1.54, 1.807) is 19.2 Å². The molecule has 1 aromatic carbocycles. The molecule has 6 amide bonds. The number of hydrogen-bond acceptors (Lipinski definition) is 13. The number of nitrogens with one attached hydrogen (secondary N) is 4. The summed E-state index contributed by atoms with van der Waals surface area (Å²) in [5.74, 6) is -2.40. The van der Waals surface area contributed by atoms with E-state index in [1.807, 2.05) is 11.8 Å². The van der Waals surface area contributed by atoms with Crippen LogP contribution in [0.25, 0.3) is 5.65 Å². The molecule has 1 unspecified atom stereocenters. The van der Waals surface area contributed by atoms with E-state index in [2.05, 4.69) is 41.2 Å². The van der Waals surface area contributed by atoms with Crippen molar-refractivity contribution in [2.45, 2.75) is 63.6 Å². The third-order valence-corrected chi connectivity index (χ3v) is 12.3. The van der Waals surface area contributed by atoms with Gasteiger partial charge in [0.25, 0.3) is 11.8 Å². The van der Waals surface area contributed by atoms with Gasteiger partial charge in [-0.2, -0.15) is 5.10 Å². The van der Waals surface area contributed by atoms with Crippen molar-refractivity contribution < 1.29 is 37.8 Å². The van der Waals surface area contributed by atoms with Crippen LogP contribution in [0.5, 0.6) is 5.88 Å². The molecule has 4 aromatic rings. The quantitative estimate of drug-likeness (QED) is 0.107. The molecule has 1 saturated carbocycles. The lowest BCUT2D eigenvalue weighted by atomic mass is 9.85. The summed E-state index contributed by atoms with van der Waals surface area (Å²) in [6.07, 6.45) is 6.68. The second-order valence-corrected chi connectivity index (χ2v) is 16.7. The molecule has 3 aromatic heterocycles. The van der Waals surface area contributed by atoms with E-state index in [4.69, 9.17) is 32.7 Å². The number of benzene rings is 1. The van der Waals surface area contributed by atoms with Crippen LogP contribution >= 0.6 is 23.2 Å². The summed E-state index contributed by atoms with van der Waals surface area (Å²) in [5.41, 5.74) is 1.96. The molecule has 8 rings (SSSR count). The highest BCUT2D eigenvalue weighted by atomic mass is 35.5. The summed E-state index contributed by atoms with van der Waals surface area (Å²) in [6, 6.07) is 4.32. The number of urea groups is 1. The third kappa shape index (κ3) is 9.17. The van der Waals surface area contributed by atoms with E-state index >= 15 is 4.39 Å². The number of aromatic nitrogens is 4. The van der Waals surface area contributed by atoms with Crippen LogP contribution in [0.15, 0.2) is 36.7 Å². The minimum Gasteiger partial charge on any atom is -0.475 e. The first-order valence-corrected chi connectivity index (χ1v) is 21.3. The molecule has 21 heteroatoms. The summed E-state index contributed by atoms with van der Waals surface area (Å²) in [4.78, 5) is 77.5. The summed E-state index contributed by atoms with van der Waals surface area (Å²) in [6.45, 7) is 6.18. The number of amides is 6. The highest BCUT2D eigenvalue weighted by Crippen LogP contribution is 2.34. The Morgan fingerprint density at radius 2 is 1.66 bits per heavy atom. The Bertz CT molecular complexity index is 2400. The maximum atomic E-state index is 15.4.